The molecule has 1 aromatic heterocycles. The number of fused-ring (bicyclic) bond motifs is 1. The lowest BCUT2D eigenvalue weighted by molar-refractivity contribution is -0.139. The van der Waals surface area contributed by atoms with Crippen molar-refractivity contribution in [3.63, 3.8) is 0 Å². The number of hydrogen-bond acceptors (Lipinski definition) is 7. The molecular formula is C39H40N4O6S. The van der Waals surface area contributed by atoms with Crippen molar-refractivity contribution in [3.8, 4) is 11.1 Å². The van der Waals surface area contributed by atoms with Gasteiger partial charge in [-0.25, -0.2) is 9.78 Å². The zero-order chi connectivity index (χ0) is 35.8. The molecule has 10 nitrogen and oxygen atoms in total. The first-order valence-electron chi connectivity index (χ1n) is 16.4. The van der Waals surface area contributed by atoms with Crippen molar-refractivity contribution in [2.45, 2.75) is 58.2 Å². The minimum absolute atomic E-state index is 0.242. The van der Waals surface area contributed by atoms with Crippen LogP contribution in [0.1, 0.15) is 63.0 Å². The normalized spacial score (nSPS) is 12.4. The average molecular weight is 693 g/mol. The number of carboxylic acid groups (broad SMARTS) is 2. The van der Waals surface area contributed by atoms with E-state index in [1.54, 1.807) is 18.2 Å². The number of aryl methyl sites for hydroxylation is 2. The molecule has 50 heavy (non-hydrogen) atoms. The number of aromatic nitrogens is 2. The van der Waals surface area contributed by atoms with Crippen molar-refractivity contribution in [3.05, 3.63) is 125 Å². The van der Waals surface area contributed by atoms with Crippen LogP contribution in [0.15, 0.2) is 91.0 Å². The minimum Gasteiger partial charge on any atom is -0.480 e. The molecule has 0 aliphatic heterocycles. The fourth-order valence-electron chi connectivity index (χ4n) is 5.89. The van der Waals surface area contributed by atoms with E-state index in [0.717, 1.165) is 63.7 Å². The number of benzene rings is 4. The Morgan fingerprint density at radius 1 is 0.920 bits per heavy atom. The Labute approximate surface area is 294 Å². The van der Waals surface area contributed by atoms with E-state index in [0.29, 0.717) is 24.1 Å². The van der Waals surface area contributed by atoms with Crippen molar-refractivity contribution in [2.24, 2.45) is 5.73 Å². The number of carbonyl (C=O) groups excluding carboxylic acids is 2. The highest BCUT2D eigenvalue weighted by Crippen LogP contribution is 2.27. The van der Waals surface area contributed by atoms with Crippen LogP contribution < -0.4 is 11.1 Å². The zero-order valence-corrected chi connectivity index (χ0v) is 28.8. The Hall–Kier alpha value is -5.26. The number of aromatic carboxylic acids is 1. The molecule has 0 unspecified atom stereocenters. The van der Waals surface area contributed by atoms with Gasteiger partial charge >= 0.3 is 11.9 Å². The summed E-state index contributed by atoms with van der Waals surface area (Å²) in [6.45, 7) is 4.53. The molecule has 0 spiro atoms. The molecule has 1 heterocycles. The molecule has 5 rings (SSSR count). The van der Waals surface area contributed by atoms with Gasteiger partial charge in [-0.1, -0.05) is 91.5 Å². The monoisotopic (exact) mass is 692 g/mol. The first-order valence-corrected chi connectivity index (χ1v) is 17.4. The third-order valence-corrected chi connectivity index (χ3v) is 9.49. The standard InChI is InChI=1S/C39H40N4O6S/c1-3-9-34-42-36-24(2)18-28(37(45)41-29(19-25-10-5-4-6-11-25)23-50-35(44)21-32(40)39(48)49)20-33(36)43(34)22-26-14-16-27(17-15-26)30-12-7-8-13-31(30)38(46)47/h4-8,10-18,20,29,32H,3,9,19,21-23,40H2,1-2H3,(H,41,45)(H,46,47)(H,48,49)/t29-,32+/m1/s1. The van der Waals surface area contributed by atoms with Gasteiger partial charge in [0.05, 0.1) is 16.6 Å². The second-order valence-electron chi connectivity index (χ2n) is 12.3. The number of rotatable bonds is 15. The summed E-state index contributed by atoms with van der Waals surface area (Å²) < 4.78 is 2.13. The van der Waals surface area contributed by atoms with Crippen LogP contribution in [0.2, 0.25) is 0 Å². The smallest absolute Gasteiger partial charge is 0.336 e. The van der Waals surface area contributed by atoms with Crippen molar-refractivity contribution in [2.75, 3.05) is 5.75 Å². The lowest BCUT2D eigenvalue weighted by Crippen LogP contribution is -2.39. The maximum Gasteiger partial charge on any atom is 0.336 e. The number of thioether (sulfide) groups is 1. The number of imidazole rings is 1. The average Bonchev–Trinajstić information content (AvgIpc) is 3.45. The van der Waals surface area contributed by atoms with Gasteiger partial charge in [0.2, 0.25) is 0 Å². The van der Waals surface area contributed by atoms with Crippen LogP contribution >= 0.6 is 11.8 Å². The SMILES string of the molecule is CCCc1nc2c(C)cc(C(=O)N[C@@H](CSC(=O)C[C@H](N)C(=O)O)Cc3ccccc3)cc2n1Cc1ccc(-c2ccccc2C(=O)O)cc1. The van der Waals surface area contributed by atoms with E-state index in [4.69, 9.17) is 15.8 Å². The Kier molecular flexibility index (Phi) is 11.8. The number of carbonyl (C=O) groups is 4. The predicted molar refractivity (Wildman–Crippen MR) is 195 cm³/mol. The second-order valence-corrected chi connectivity index (χ2v) is 13.3. The fourth-order valence-corrected chi connectivity index (χ4v) is 6.78. The molecule has 4 aromatic carbocycles. The number of nitrogens with one attached hydrogen (secondary N) is 1. The van der Waals surface area contributed by atoms with Gasteiger partial charge in [0.25, 0.3) is 5.91 Å². The highest BCUT2D eigenvalue weighted by atomic mass is 32.2. The molecule has 0 fully saturated rings. The largest absolute Gasteiger partial charge is 0.480 e. The van der Waals surface area contributed by atoms with Gasteiger partial charge in [0, 0.05) is 36.7 Å². The molecule has 2 atom stereocenters. The van der Waals surface area contributed by atoms with Crippen LogP contribution in [0.5, 0.6) is 0 Å². The molecule has 0 saturated carbocycles. The molecular weight excluding hydrogens is 653 g/mol. The Morgan fingerprint density at radius 2 is 1.62 bits per heavy atom. The molecule has 0 saturated heterocycles. The summed E-state index contributed by atoms with van der Waals surface area (Å²) in [4.78, 5) is 54.2. The summed E-state index contributed by atoms with van der Waals surface area (Å²) in [7, 11) is 0. The maximum atomic E-state index is 13.8. The van der Waals surface area contributed by atoms with Crippen LogP contribution in [0.25, 0.3) is 22.2 Å². The number of hydrogen-bond donors (Lipinski definition) is 4. The molecule has 1 amide bonds. The highest BCUT2D eigenvalue weighted by Gasteiger charge is 2.22. The van der Waals surface area contributed by atoms with Gasteiger partial charge in [-0.15, -0.1) is 0 Å². The second kappa shape index (κ2) is 16.4. The molecule has 5 aromatic rings. The zero-order valence-electron chi connectivity index (χ0n) is 28.0. The third kappa shape index (κ3) is 8.85. The first kappa shape index (κ1) is 36.0. The minimum atomic E-state index is -1.28. The van der Waals surface area contributed by atoms with E-state index < -0.39 is 24.0 Å². The van der Waals surface area contributed by atoms with E-state index in [2.05, 4.69) is 16.8 Å². The van der Waals surface area contributed by atoms with E-state index in [1.807, 2.05) is 79.7 Å². The molecule has 0 aliphatic rings. The van der Waals surface area contributed by atoms with Gasteiger partial charge in [0.1, 0.15) is 11.9 Å². The Bertz CT molecular complexity index is 2010. The lowest BCUT2D eigenvalue weighted by Gasteiger charge is -2.19. The number of aliphatic carboxylic acids is 1. The van der Waals surface area contributed by atoms with Crippen molar-refractivity contribution < 1.29 is 29.4 Å². The summed E-state index contributed by atoms with van der Waals surface area (Å²) in [6, 6.07) is 26.3. The molecule has 0 bridgehead atoms. The highest BCUT2D eigenvalue weighted by molar-refractivity contribution is 8.13. The summed E-state index contributed by atoms with van der Waals surface area (Å²) in [5, 5.41) is 21.5. The molecule has 0 radical (unpaired) electrons. The van der Waals surface area contributed by atoms with Gasteiger partial charge in [-0.05, 0) is 65.8 Å². The Morgan fingerprint density at radius 3 is 2.30 bits per heavy atom. The van der Waals surface area contributed by atoms with Crippen LogP contribution in [-0.4, -0.2) is 60.6 Å². The number of nitrogens with two attached hydrogens (primary N) is 1. The first-order chi connectivity index (χ1) is 24.0. The van der Waals surface area contributed by atoms with Crippen LogP contribution in [0.3, 0.4) is 0 Å². The summed E-state index contributed by atoms with van der Waals surface area (Å²) in [6.07, 6.45) is 1.81. The quantitative estimate of drug-likeness (QED) is 0.101. The topological polar surface area (TPSA) is 165 Å². The van der Waals surface area contributed by atoms with E-state index in [1.165, 1.54) is 0 Å². The summed E-state index contributed by atoms with van der Waals surface area (Å²) >= 11 is 0.966. The van der Waals surface area contributed by atoms with Crippen LogP contribution in [-0.2, 0) is 29.0 Å². The van der Waals surface area contributed by atoms with Gasteiger partial charge < -0.3 is 25.8 Å². The molecule has 5 N–H and O–H groups in total. The third-order valence-electron chi connectivity index (χ3n) is 8.43. The van der Waals surface area contributed by atoms with Gasteiger partial charge in [0.15, 0.2) is 5.12 Å². The van der Waals surface area contributed by atoms with E-state index >= 15 is 0 Å². The Balaban J connectivity index is 1.41. The summed E-state index contributed by atoms with van der Waals surface area (Å²) in [5.41, 5.74) is 12.2. The van der Waals surface area contributed by atoms with Gasteiger partial charge in [-0.3, -0.25) is 14.4 Å². The lowest BCUT2D eigenvalue weighted by atomic mass is 9.98. The fraction of sp³-hybridized carbons (Fsp3) is 0.256. The number of carboxylic acids is 2. The predicted octanol–water partition coefficient (Wildman–Crippen LogP) is 6.11. The van der Waals surface area contributed by atoms with Gasteiger partial charge in [-0.2, -0.15) is 0 Å². The molecule has 11 heteroatoms. The number of amides is 1. The van der Waals surface area contributed by atoms with Crippen molar-refractivity contribution >= 4 is 45.8 Å². The molecule has 0 aliphatic carbocycles. The van der Waals surface area contributed by atoms with Crippen molar-refractivity contribution in [1.29, 1.82) is 0 Å². The maximum absolute atomic E-state index is 13.8. The molecule has 258 valence electrons. The van der Waals surface area contributed by atoms with E-state index in [9.17, 15) is 24.3 Å². The van der Waals surface area contributed by atoms with Crippen LogP contribution in [0, 0.1) is 6.92 Å². The van der Waals surface area contributed by atoms with E-state index in [-0.39, 0.29) is 28.8 Å². The number of nitrogens with zero attached hydrogens (tertiary/aromatic N) is 2. The summed E-state index contributed by atoms with van der Waals surface area (Å²) in [5.74, 6) is -1.36. The van der Waals surface area contributed by atoms with Crippen molar-refractivity contribution in [1.82, 2.24) is 14.9 Å². The van der Waals surface area contributed by atoms with Crippen LogP contribution in [0.4, 0.5) is 0 Å².